The number of aryl methyl sites for hydroxylation is 1. The van der Waals surface area contributed by atoms with Crippen LogP contribution >= 0.6 is 0 Å². The normalized spacial score (nSPS) is 10.4. The van der Waals surface area contributed by atoms with Crippen molar-refractivity contribution in [1.82, 2.24) is 15.1 Å². The summed E-state index contributed by atoms with van der Waals surface area (Å²) in [6.45, 7) is 2.41. The van der Waals surface area contributed by atoms with Gasteiger partial charge in [-0.2, -0.15) is 5.10 Å². The molecule has 0 saturated carbocycles. The minimum atomic E-state index is -1.25. The monoisotopic (exact) mass is 364 g/mol. The number of hydrogen-bond acceptors (Lipinski definition) is 4. The first-order chi connectivity index (χ1) is 12.4. The van der Waals surface area contributed by atoms with Gasteiger partial charge in [-0.05, 0) is 24.6 Å². The molecule has 0 fully saturated rings. The molecule has 1 heterocycles. The highest BCUT2D eigenvalue weighted by molar-refractivity contribution is 6.08. The van der Waals surface area contributed by atoms with Gasteiger partial charge in [-0.3, -0.25) is 14.9 Å². The van der Waals surface area contributed by atoms with Crippen molar-refractivity contribution in [2.75, 3.05) is 5.32 Å². The molecule has 0 saturated heterocycles. The van der Waals surface area contributed by atoms with Gasteiger partial charge in [0.15, 0.2) is 0 Å². The third-order valence-corrected chi connectivity index (χ3v) is 3.55. The van der Waals surface area contributed by atoms with Crippen LogP contribution in [0.4, 0.5) is 19.3 Å². The van der Waals surface area contributed by atoms with Crippen molar-refractivity contribution < 1.29 is 18.4 Å². The molecule has 2 rings (SSSR count). The molecule has 0 bridgehead atoms. The standard InChI is InChI=1S/C17H18F2N4O3/c1-2-3-4-10-23-16(25)13(8-9-20-23)21-17(26)22-15(24)14-11(18)6-5-7-12(14)19/h5-9H,2-4,10H2,1H3,(H2,21,22,24,26). The molecule has 0 spiro atoms. The van der Waals surface area contributed by atoms with Gasteiger partial charge in [0.05, 0.1) is 0 Å². The molecule has 0 radical (unpaired) electrons. The Hall–Kier alpha value is -3.10. The molecule has 0 aliphatic carbocycles. The quantitative estimate of drug-likeness (QED) is 0.771. The first-order valence-corrected chi connectivity index (χ1v) is 8.06. The van der Waals surface area contributed by atoms with Crippen molar-refractivity contribution in [2.24, 2.45) is 0 Å². The maximum absolute atomic E-state index is 13.5. The first-order valence-electron chi connectivity index (χ1n) is 8.06. The molecule has 138 valence electrons. The molecule has 26 heavy (non-hydrogen) atoms. The molecule has 0 unspecified atom stereocenters. The zero-order chi connectivity index (χ0) is 19.1. The number of hydrogen-bond donors (Lipinski definition) is 2. The molecule has 2 aromatic rings. The number of rotatable bonds is 6. The van der Waals surface area contributed by atoms with E-state index in [0.29, 0.717) is 6.54 Å². The van der Waals surface area contributed by atoms with Gasteiger partial charge in [-0.25, -0.2) is 18.3 Å². The number of nitrogens with one attached hydrogen (secondary N) is 2. The van der Waals surface area contributed by atoms with Gasteiger partial charge in [0.25, 0.3) is 11.5 Å². The molecular weight excluding hydrogens is 346 g/mol. The second-order valence-electron chi connectivity index (χ2n) is 5.49. The van der Waals surface area contributed by atoms with E-state index in [1.165, 1.54) is 16.9 Å². The minimum Gasteiger partial charge on any atom is -0.303 e. The molecule has 0 aliphatic heterocycles. The highest BCUT2D eigenvalue weighted by Crippen LogP contribution is 2.11. The van der Waals surface area contributed by atoms with E-state index in [-0.39, 0.29) is 5.69 Å². The SMILES string of the molecule is CCCCCn1nccc(NC(=O)NC(=O)c2c(F)cccc2F)c1=O. The Morgan fingerprint density at radius 2 is 1.85 bits per heavy atom. The lowest BCUT2D eigenvalue weighted by Gasteiger charge is -2.09. The highest BCUT2D eigenvalue weighted by Gasteiger charge is 2.19. The average molecular weight is 364 g/mol. The predicted molar refractivity (Wildman–Crippen MR) is 90.9 cm³/mol. The number of imide groups is 1. The van der Waals surface area contributed by atoms with E-state index in [4.69, 9.17) is 0 Å². The molecule has 9 heteroatoms. The molecule has 1 aromatic heterocycles. The van der Waals surface area contributed by atoms with E-state index >= 15 is 0 Å². The molecule has 3 amide bonds. The predicted octanol–water partition coefficient (Wildman–Crippen LogP) is 2.67. The molecule has 1 aromatic carbocycles. The van der Waals surface area contributed by atoms with Gasteiger partial charge < -0.3 is 5.32 Å². The summed E-state index contributed by atoms with van der Waals surface area (Å²) in [6, 6.07) is 3.08. The lowest BCUT2D eigenvalue weighted by Crippen LogP contribution is -2.37. The number of carbonyl (C=O) groups excluding carboxylic acids is 2. The third-order valence-electron chi connectivity index (χ3n) is 3.55. The van der Waals surface area contributed by atoms with Gasteiger partial charge in [0.2, 0.25) is 0 Å². The fourth-order valence-electron chi connectivity index (χ4n) is 2.25. The summed E-state index contributed by atoms with van der Waals surface area (Å²) >= 11 is 0. The van der Waals surface area contributed by atoms with Gasteiger partial charge in [-0.1, -0.05) is 25.8 Å². The van der Waals surface area contributed by atoms with Crippen molar-refractivity contribution in [3.8, 4) is 0 Å². The number of carbonyl (C=O) groups is 2. The number of urea groups is 1. The van der Waals surface area contributed by atoms with Crippen molar-refractivity contribution in [3.63, 3.8) is 0 Å². The summed E-state index contributed by atoms with van der Waals surface area (Å²) in [7, 11) is 0. The Morgan fingerprint density at radius 1 is 1.15 bits per heavy atom. The topological polar surface area (TPSA) is 93.1 Å². The Morgan fingerprint density at radius 3 is 2.50 bits per heavy atom. The number of amides is 3. The van der Waals surface area contributed by atoms with E-state index in [1.54, 1.807) is 5.32 Å². The summed E-state index contributed by atoms with van der Waals surface area (Å²) in [5, 5.41) is 7.90. The van der Waals surface area contributed by atoms with E-state index in [9.17, 15) is 23.2 Å². The number of unbranched alkanes of at least 4 members (excludes halogenated alkanes) is 2. The van der Waals surface area contributed by atoms with Crippen LogP contribution in [0.3, 0.4) is 0 Å². The Balaban J connectivity index is 2.07. The van der Waals surface area contributed by atoms with Crippen LogP contribution in [-0.4, -0.2) is 21.7 Å². The smallest absolute Gasteiger partial charge is 0.303 e. The Labute approximate surface area is 148 Å². The van der Waals surface area contributed by atoms with E-state index in [2.05, 4.69) is 10.4 Å². The van der Waals surface area contributed by atoms with Crippen LogP contribution in [0.5, 0.6) is 0 Å². The minimum absolute atomic E-state index is 0.101. The van der Waals surface area contributed by atoms with E-state index < -0.39 is 34.7 Å². The van der Waals surface area contributed by atoms with Crippen LogP contribution in [0.25, 0.3) is 0 Å². The largest absolute Gasteiger partial charge is 0.326 e. The Bertz CT molecular complexity index is 847. The number of benzene rings is 1. The second-order valence-corrected chi connectivity index (χ2v) is 5.49. The van der Waals surface area contributed by atoms with Crippen LogP contribution in [0.1, 0.15) is 36.5 Å². The number of halogens is 2. The van der Waals surface area contributed by atoms with Crippen molar-refractivity contribution in [3.05, 3.63) is 58.0 Å². The third kappa shape index (κ3) is 4.71. The zero-order valence-electron chi connectivity index (χ0n) is 14.1. The van der Waals surface area contributed by atoms with Gasteiger partial charge in [-0.15, -0.1) is 0 Å². The number of nitrogens with zero attached hydrogens (tertiary/aromatic N) is 2. The summed E-state index contributed by atoms with van der Waals surface area (Å²) in [4.78, 5) is 36.0. The van der Waals surface area contributed by atoms with E-state index in [0.717, 1.165) is 37.5 Å². The van der Waals surface area contributed by atoms with Crippen LogP contribution in [-0.2, 0) is 6.54 Å². The zero-order valence-corrected chi connectivity index (χ0v) is 14.1. The molecule has 7 nitrogen and oxygen atoms in total. The molecule has 0 aliphatic rings. The van der Waals surface area contributed by atoms with Crippen LogP contribution in [0, 0.1) is 11.6 Å². The van der Waals surface area contributed by atoms with Gasteiger partial charge >= 0.3 is 6.03 Å². The first kappa shape index (κ1) is 19.2. The summed E-state index contributed by atoms with van der Waals surface area (Å²) in [5.41, 5.74) is -1.52. The van der Waals surface area contributed by atoms with Crippen LogP contribution in [0.15, 0.2) is 35.3 Å². The number of aromatic nitrogens is 2. The van der Waals surface area contributed by atoms with Crippen molar-refractivity contribution in [1.29, 1.82) is 0 Å². The Kier molecular flexibility index (Phi) is 6.54. The summed E-state index contributed by atoms with van der Waals surface area (Å²) in [5.74, 6) is -3.45. The highest BCUT2D eigenvalue weighted by atomic mass is 19.1. The van der Waals surface area contributed by atoms with Gasteiger partial charge in [0.1, 0.15) is 22.9 Å². The molecular formula is C17H18F2N4O3. The summed E-state index contributed by atoms with van der Waals surface area (Å²) in [6.07, 6.45) is 3.99. The van der Waals surface area contributed by atoms with Crippen molar-refractivity contribution in [2.45, 2.75) is 32.7 Å². The maximum atomic E-state index is 13.5. The molecule has 2 N–H and O–H groups in total. The lowest BCUT2D eigenvalue weighted by atomic mass is 10.2. The van der Waals surface area contributed by atoms with Gasteiger partial charge in [0, 0.05) is 12.7 Å². The number of anilines is 1. The summed E-state index contributed by atoms with van der Waals surface area (Å²) < 4.78 is 28.3. The van der Waals surface area contributed by atoms with Crippen LogP contribution < -0.4 is 16.2 Å². The fraction of sp³-hybridized carbons (Fsp3) is 0.294. The lowest BCUT2D eigenvalue weighted by molar-refractivity contribution is 0.0959. The molecule has 0 atom stereocenters. The average Bonchev–Trinajstić information content (AvgIpc) is 2.58. The fourth-order valence-corrected chi connectivity index (χ4v) is 2.25. The van der Waals surface area contributed by atoms with Crippen molar-refractivity contribution >= 4 is 17.6 Å². The second kappa shape index (κ2) is 8.84. The maximum Gasteiger partial charge on any atom is 0.326 e. The van der Waals surface area contributed by atoms with E-state index in [1.807, 2.05) is 6.92 Å². The van der Waals surface area contributed by atoms with Crippen LogP contribution in [0.2, 0.25) is 0 Å².